The third-order valence-electron chi connectivity index (χ3n) is 7.73. The van der Waals surface area contributed by atoms with Gasteiger partial charge in [-0.25, -0.2) is 0 Å². The summed E-state index contributed by atoms with van der Waals surface area (Å²) in [5.74, 6) is 3.91. The topological polar surface area (TPSA) is 20.3 Å². The van der Waals surface area contributed by atoms with Crippen molar-refractivity contribution in [2.24, 2.45) is 35.0 Å². The number of rotatable bonds is 1. The summed E-state index contributed by atoms with van der Waals surface area (Å²) in [5, 5.41) is 0. The van der Waals surface area contributed by atoms with E-state index < -0.39 is 0 Å². The van der Waals surface area contributed by atoms with Gasteiger partial charge in [-0.2, -0.15) is 0 Å². The van der Waals surface area contributed by atoms with Gasteiger partial charge in [-0.3, -0.25) is 4.79 Å². The van der Waals surface area contributed by atoms with Crippen molar-refractivity contribution in [3.63, 3.8) is 0 Å². The van der Waals surface area contributed by atoms with E-state index in [0.717, 1.165) is 30.0 Å². The summed E-state index contributed by atoms with van der Waals surface area (Å²) in [6.45, 7) is 0.971. The van der Waals surface area contributed by atoms with Crippen LogP contribution in [0.25, 0.3) is 0 Å². The van der Waals surface area contributed by atoms with E-state index in [2.05, 4.69) is 35.2 Å². The number of hydrogen-bond acceptors (Lipinski definition) is 1. The molecule has 1 saturated heterocycles. The molecule has 4 aliphatic carbocycles. The third-order valence-corrected chi connectivity index (χ3v) is 7.73. The SMILES string of the molecule is O=C1C2C(CN1c1ccccc1)C1CC23CC2=CCC1C3C2. The molecule has 6 unspecified atom stereocenters. The van der Waals surface area contributed by atoms with E-state index in [0.29, 0.717) is 23.2 Å². The Morgan fingerprint density at radius 1 is 1.09 bits per heavy atom. The summed E-state index contributed by atoms with van der Waals surface area (Å²) in [7, 11) is 0. The molecule has 1 spiro atoms. The maximum absolute atomic E-state index is 13.3. The lowest BCUT2D eigenvalue weighted by atomic mass is 9.62. The van der Waals surface area contributed by atoms with Crippen LogP contribution in [0.2, 0.25) is 0 Å². The number of anilines is 1. The Kier molecular flexibility index (Phi) is 1.99. The number of benzene rings is 1. The summed E-state index contributed by atoms with van der Waals surface area (Å²) >= 11 is 0. The van der Waals surface area contributed by atoms with Gasteiger partial charge in [-0.15, -0.1) is 0 Å². The lowest BCUT2D eigenvalue weighted by molar-refractivity contribution is -0.126. The monoisotopic (exact) mass is 291 g/mol. The number of carbonyl (C=O) groups excluding carboxylic acids is 1. The molecule has 4 fully saturated rings. The molecule has 1 aromatic rings. The van der Waals surface area contributed by atoms with E-state index in [4.69, 9.17) is 0 Å². The summed E-state index contributed by atoms with van der Waals surface area (Å²) in [6.07, 6.45) is 7.72. The van der Waals surface area contributed by atoms with Gasteiger partial charge < -0.3 is 4.90 Å². The Labute approximate surface area is 131 Å². The van der Waals surface area contributed by atoms with E-state index in [1.165, 1.54) is 25.7 Å². The number of nitrogens with zero attached hydrogens (tertiary/aromatic N) is 1. The van der Waals surface area contributed by atoms with Crippen molar-refractivity contribution < 1.29 is 4.79 Å². The number of amides is 1. The van der Waals surface area contributed by atoms with Gasteiger partial charge in [0.05, 0.1) is 0 Å². The van der Waals surface area contributed by atoms with E-state index in [-0.39, 0.29) is 0 Å². The highest BCUT2D eigenvalue weighted by Crippen LogP contribution is 2.76. The third kappa shape index (κ3) is 1.16. The van der Waals surface area contributed by atoms with Crippen molar-refractivity contribution in [1.29, 1.82) is 0 Å². The van der Waals surface area contributed by atoms with Gasteiger partial charge in [0.25, 0.3) is 0 Å². The molecule has 22 heavy (non-hydrogen) atoms. The minimum Gasteiger partial charge on any atom is -0.312 e. The van der Waals surface area contributed by atoms with Crippen LogP contribution in [0.3, 0.4) is 0 Å². The molecule has 2 heteroatoms. The molecule has 6 rings (SSSR count). The standard InChI is InChI=1S/C20H21NO/c22-19-18-16(11-21(19)13-4-2-1-3-5-13)15-10-20(18)9-12-6-7-14(15)17(20)8-12/h1-6,14-18H,7-11H2. The highest BCUT2D eigenvalue weighted by atomic mass is 16.2. The first kappa shape index (κ1) is 11.9. The van der Waals surface area contributed by atoms with E-state index in [1.807, 2.05) is 6.07 Å². The smallest absolute Gasteiger partial charge is 0.231 e. The molecular formula is C20H21NO. The summed E-state index contributed by atoms with van der Waals surface area (Å²) in [4.78, 5) is 15.4. The van der Waals surface area contributed by atoms with Crippen molar-refractivity contribution in [1.82, 2.24) is 0 Å². The Morgan fingerprint density at radius 2 is 1.95 bits per heavy atom. The zero-order valence-corrected chi connectivity index (χ0v) is 12.7. The van der Waals surface area contributed by atoms with Crippen molar-refractivity contribution in [3.8, 4) is 0 Å². The number of allylic oxidation sites excluding steroid dienone is 2. The molecular weight excluding hydrogens is 270 g/mol. The van der Waals surface area contributed by atoms with Crippen LogP contribution in [0.1, 0.15) is 25.7 Å². The molecule has 0 aromatic heterocycles. The molecule has 0 N–H and O–H groups in total. The van der Waals surface area contributed by atoms with E-state index >= 15 is 0 Å². The molecule has 3 saturated carbocycles. The summed E-state index contributed by atoms with van der Waals surface area (Å²) in [5.41, 5.74) is 3.13. The average Bonchev–Trinajstić information content (AvgIpc) is 3.21. The van der Waals surface area contributed by atoms with Gasteiger partial charge in [0.1, 0.15) is 0 Å². The Balaban J connectivity index is 1.45. The molecule has 1 aliphatic heterocycles. The Morgan fingerprint density at radius 3 is 2.82 bits per heavy atom. The molecule has 1 aromatic carbocycles. The van der Waals surface area contributed by atoms with Gasteiger partial charge in [0.15, 0.2) is 0 Å². The molecule has 5 aliphatic rings. The first-order chi connectivity index (χ1) is 10.8. The minimum atomic E-state index is 0.322. The fourth-order valence-electron chi connectivity index (χ4n) is 7.19. The second-order valence-corrected chi connectivity index (χ2v) is 8.28. The highest BCUT2D eigenvalue weighted by molar-refractivity contribution is 5.98. The first-order valence-electron chi connectivity index (χ1n) is 8.82. The summed E-state index contributed by atoms with van der Waals surface area (Å²) in [6, 6.07) is 10.3. The number of carbonyl (C=O) groups is 1. The maximum atomic E-state index is 13.3. The highest BCUT2D eigenvalue weighted by Gasteiger charge is 2.73. The van der Waals surface area contributed by atoms with E-state index in [9.17, 15) is 4.79 Å². The van der Waals surface area contributed by atoms with Crippen LogP contribution in [0.15, 0.2) is 42.0 Å². The number of fused-ring (bicyclic) bond motifs is 5. The number of para-hydroxylation sites is 1. The zero-order chi connectivity index (χ0) is 14.5. The van der Waals surface area contributed by atoms with Gasteiger partial charge in [-0.05, 0) is 66.9 Å². The van der Waals surface area contributed by atoms with Gasteiger partial charge >= 0.3 is 0 Å². The molecule has 6 atom stereocenters. The predicted octanol–water partition coefficient (Wildman–Crippen LogP) is 3.64. The predicted molar refractivity (Wildman–Crippen MR) is 85.2 cm³/mol. The molecule has 0 radical (unpaired) electrons. The number of hydrogen-bond donors (Lipinski definition) is 0. The van der Waals surface area contributed by atoms with Crippen molar-refractivity contribution in [3.05, 3.63) is 42.0 Å². The Hall–Kier alpha value is -1.57. The first-order valence-corrected chi connectivity index (χ1v) is 8.82. The maximum Gasteiger partial charge on any atom is 0.231 e. The van der Waals surface area contributed by atoms with Gasteiger partial charge in [-0.1, -0.05) is 29.8 Å². The molecule has 1 amide bonds. The normalized spacial score (nSPS) is 47.1. The molecule has 112 valence electrons. The lowest BCUT2D eigenvalue weighted by Crippen LogP contribution is -2.41. The van der Waals surface area contributed by atoms with Gasteiger partial charge in [0.2, 0.25) is 5.91 Å². The van der Waals surface area contributed by atoms with Crippen LogP contribution in [0.5, 0.6) is 0 Å². The zero-order valence-electron chi connectivity index (χ0n) is 12.7. The fourth-order valence-corrected chi connectivity index (χ4v) is 7.19. The second-order valence-electron chi connectivity index (χ2n) is 8.28. The van der Waals surface area contributed by atoms with E-state index in [1.54, 1.807) is 5.57 Å². The lowest BCUT2D eigenvalue weighted by Gasteiger charge is -2.40. The van der Waals surface area contributed by atoms with Crippen LogP contribution >= 0.6 is 0 Å². The van der Waals surface area contributed by atoms with Crippen molar-refractivity contribution in [2.45, 2.75) is 25.7 Å². The largest absolute Gasteiger partial charge is 0.312 e. The molecule has 2 nitrogen and oxygen atoms in total. The molecule has 1 heterocycles. The average molecular weight is 291 g/mol. The van der Waals surface area contributed by atoms with Gasteiger partial charge in [0, 0.05) is 18.2 Å². The van der Waals surface area contributed by atoms with Crippen molar-refractivity contribution in [2.75, 3.05) is 11.4 Å². The Bertz CT molecular complexity index is 708. The van der Waals surface area contributed by atoms with Crippen LogP contribution < -0.4 is 4.90 Å². The summed E-state index contributed by atoms with van der Waals surface area (Å²) < 4.78 is 0. The second kappa shape index (κ2) is 3.67. The quantitative estimate of drug-likeness (QED) is 0.723. The van der Waals surface area contributed by atoms with Crippen LogP contribution in [0, 0.1) is 35.0 Å². The van der Waals surface area contributed by atoms with Crippen LogP contribution in [0.4, 0.5) is 5.69 Å². The molecule has 4 bridgehead atoms. The van der Waals surface area contributed by atoms with Crippen molar-refractivity contribution >= 4 is 11.6 Å². The minimum absolute atomic E-state index is 0.322. The van der Waals surface area contributed by atoms with Crippen LogP contribution in [-0.4, -0.2) is 12.5 Å². The fraction of sp³-hybridized carbons (Fsp3) is 0.550. The van der Waals surface area contributed by atoms with Crippen LogP contribution in [-0.2, 0) is 4.79 Å².